The van der Waals surface area contributed by atoms with E-state index in [1.54, 1.807) is 6.08 Å². The van der Waals surface area contributed by atoms with Gasteiger partial charge in [0, 0.05) is 38.5 Å². The molecule has 0 bridgehead atoms. The molecule has 2 aliphatic rings. The number of hydrogen-bond donors (Lipinski definition) is 0. The zero-order chi connectivity index (χ0) is 37.3. The molecule has 0 N–H and O–H groups in total. The van der Waals surface area contributed by atoms with Gasteiger partial charge < -0.3 is 4.57 Å². The Morgan fingerprint density at radius 3 is 2.11 bits per heavy atom. The quantitative estimate of drug-likeness (QED) is 0.127. The van der Waals surface area contributed by atoms with Gasteiger partial charge in [-0.3, -0.25) is 0 Å². The molecule has 0 saturated carbocycles. The van der Waals surface area contributed by atoms with Crippen molar-refractivity contribution in [2.45, 2.75) is 32.6 Å². The Balaban J connectivity index is 1.22. The molecule has 0 fully saturated rings. The lowest BCUT2D eigenvalue weighted by Gasteiger charge is -2.24. The van der Waals surface area contributed by atoms with E-state index < -0.39 is 0 Å². The molecule has 11 rings (SSSR count). The van der Waals surface area contributed by atoms with Gasteiger partial charge in [-0.25, -0.2) is 15.0 Å². The van der Waals surface area contributed by atoms with E-state index in [0.29, 0.717) is 17.5 Å². The van der Waals surface area contributed by atoms with Crippen LogP contribution in [-0.2, 0) is 12.8 Å². The fraction of sp³-hybridized carbons (Fsp3) is 0.0962. The van der Waals surface area contributed by atoms with E-state index in [1.807, 2.05) is 25.2 Å². The van der Waals surface area contributed by atoms with Crippen LogP contribution < -0.4 is 0 Å². The molecular formula is C52H38N4. The van der Waals surface area contributed by atoms with E-state index in [1.165, 1.54) is 65.5 Å². The lowest BCUT2D eigenvalue weighted by atomic mass is 9.81. The molecule has 7 aromatic carbocycles. The predicted molar refractivity (Wildman–Crippen MR) is 236 cm³/mol. The molecule has 0 amide bonds. The monoisotopic (exact) mass is 718 g/mol. The van der Waals surface area contributed by atoms with Crippen molar-refractivity contribution in [2.75, 3.05) is 0 Å². The maximum absolute atomic E-state index is 5.40. The highest BCUT2D eigenvalue weighted by Gasteiger charge is 2.25. The van der Waals surface area contributed by atoms with Crippen LogP contribution in [0.4, 0.5) is 0 Å². The molecule has 56 heavy (non-hydrogen) atoms. The third kappa shape index (κ3) is 4.82. The van der Waals surface area contributed by atoms with Crippen LogP contribution in [0.25, 0.3) is 100 Å². The maximum atomic E-state index is 5.40. The van der Waals surface area contributed by atoms with E-state index in [-0.39, 0.29) is 0 Å². The third-order valence-corrected chi connectivity index (χ3v) is 11.8. The van der Waals surface area contributed by atoms with Crippen LogP contribution in [0.5, 0.6) is 0 Å². The SMILES string of the molecule is C=C/C=C(\C=C/C)c1nc(-c2ccc3c4c(c5c(c3c2)C=CCC5)CCC=C4)nc(-c2ccc3c4c2c2ccccc2c2cccc(c24)n3-c2ccccc2)n1. The lowest BCUT2D eigenvalue weighted by molar-refractivity contribution is 0.911. The summed E-state index contributed by atoms with van der Waals surface area (Å²) in [4.78, 5) is 15.9. The summed E-state index contributed by atoms with van der Waals surface area (Å²) < 4.78 is 2.40. The molecule has 266 valence electrons. The smallest absolute Gasteiger partial charge is 0.164 e. The summed E-state index contributed by atoms with van der Waals surface area (Å²) in [6.45, 7) is 6.05. The summed E-state index contributed by atoms with van der Waals surface area (Å²) in [6.07, 6.45) is 21.5. The van der Waals surface area contributed by atoms with Crippen molar-refractivity contribution in [1.82, 2.24) is 19.5 Å². The van der Waals surface area contributed by atoms with Gasteiger partial charge in [0.1, 0.15) is 0 Å². The second kappa shape index (κ2) is 12.9. The van der Waals surface area contributed by atoms with Gasteiger partial charge in [-0.1, -0.05) is 122 Å². The molecule has 0 spiro atoms. The Kier molecular flexibility index (Phi) is 7.46. The fourth-order valence-electron chi connectivity index (χ4n) is 9.50. The highest BCUT2D eigenvalue weighted by molar-refractivity contribution is 6.36. The topological polar surface area (TPSA) is 43.6 Å². The van der Waals surface area contributed by atoms with Crippen LogP contribution in [0.3, 0.4) is 0 Å². The van der Waals surface area contributed by atoms with Crippen molar-refractivity contribution in [3.8, 4) is 28.5 Å². The van der Waals surface area contributed by atoms with Crippen molar-refractivity contribution in [3.63, 3.8) is 0 Å². The first-order chi connectivity index (χ1) is 27.7. The Morgan fingerprint density at radius 2 is 1.32 bits per heavy atom. The fourth-order valence-corrected chi connectivity index (χ4v) is 9.50. The van der Waals surface area contributed by atoms with Crippen LogP contribution in [0, 0.1) is 0 Å². The van der Waals surface area contributed by atoms with E-state index in [4.69, 9.17) is 15.0 Å². The standard InChI is InChI=1S/C52H38N4/c1-3-15-32(16-4-2)50-53-51(33-27-28-40-37-21-9-8-19-35(37)36-20-10-11-22-38(36)44(40)31-33)55-52(54-50)43-29-30-46-49-47(43)41-24-13-12-23-39(41)42-25-14-26-45(48(42)49)56(46)34-17-6-5-7-18-34/h3-7,9,11-18,21-31H,1,8,10,19-20H2,2H3/b16-4-,32-15+. The van der Waals surface area contributed by atoms with Gasteiger partial charge in [-0.2, -0.15) is 0 Å². The Morgan fingerprint density at radius 1 is 0.625 bits per heavy atom. The van der Waals surface area contributed by atoms with E-state index in [2.05, 4.69) is 139 Å². The Labute approximate surface area is 325 Å². The van der Waals surface area contributed by atoms with E-state index in [9.17, 15) is 0 Å². The molecule has 0 aliphatic heterocycles. The van der Waals surface area contributed by atoms with Gasteiger partial charge in [-0.15, -0.1) is 0 Å². The second-order valence-electron chi connectivity index (χ2n) is 14.9. The molecule has 0 atom stereocenters. The molecule has 9 aromatic rings. The van der Waals surface area contributed by atoms with Gasteiger partial charge in [-0.05, 0) is 118 Å². The molecule has 2 aromatic heterocycles. The predicted octanol–water partition coefficient (Wildman–Crippen LogP) is 13.3. The number of hydrogen-bond acceptors (Lipinski definition) is 3. The highest BCUT2D eigenvalue weighted by atomic mass is 15.0. The summed E-state index contributed by atoms with van der Waals surface area (Å²) in [7, 11) is 0. The molecular weight excluding hydrogens is 681 g/mol. The minimum Gasteiger partial charge on any atom is -0.309 e. The summed E-state index contributed by atoms with van der Waals surface area (Å²) in [6, 6.07) is 37.4. The van der Waals surface area contributed by atoms with Gasteiger partial charge in [0.15, 0.2) is 17.5 Å². The minimum atomic E-state index is 0.613. The summed E-state index contributed by atoms with van der Waals surface area (Å²) >= 11 is 0. The zero-order valence-electron chi connectivity index (χ0n) is 31.3. The maximum Gasteiger partial charge on any atom is 0.164 e. The van der Waals surface area contributed by atoms with Crippen LogP contribution in [0.2, 0.25) is 0 Å². The third-order valence-electron chi connectivity index (χ3n) is 11.8. The normalized spacial score (nSPS) is 14.2. The summed E-state index contributed by atoms with van der Waals surface area (Å²) in [5.74, 6) is 1.91. The molecule has 2 heterocycles. The lowest BCUT2D eigenvalue weighted by Crippen LogP contribution is -2.07. The number of rotatable bonds is 6. The van der Waals surface area contributed by atoms with Gasteiger partial charge in [0.25, 0.3) is 0 Å². The average molecular weight is 719 g/mol. The number of para-hydroxylation sites is 1. The number of fused-ring (bicyclic) bond motifs is 9. The zero-order valence-corrected chi connectivity index (χ0v) is 31.3. The van der Waals surface area contributed by atoms with Crippen LogP contribution in [-0.4, -0.2) is 19.5 Å². The van der Waals surface area contributed by atoms with Crippen LogP contribution >= 0.6 is 0 Å². The van der Waals surface area contributed by atoms with Crippen molar-refractivity contribution >= 4 is 71.8 Å². The van der Waals surface area contributed by atoms with Crippen molar-refractivity contribution in [2.24, 2.45) is 0 Å². The number of nitrogens with zero attached hydrogens (tertiary/aromatic N) is 4. The van der Waals surface area contributed by atoms with Crippen LogP contribution in [0.15, 0.2) is 146 Å². The molecule has 0 radical (unpaired) electrons. The average Bonchev–Trinajstić information content (AvgIpc) is 3.61. The number of aromatic nitrogens is 4. The first kappa shape index (κ1) is 32.5. The molecule has 0 unspecified atom stereocenters. The van der Waals surface area contributed by atoms with Crippen molar-refractivity contribution in [3.05, 3.63) is 174 Å². The molecule has 2 aliphatic carbocycles. The van der Waals surface area contributed by atoms with Crippen molar-refractivity contribution < 1.29 is 0 Å². The van der Waals surface area contributed by atoms with Gasteiger partial charge in [0.05, 0.1) is 11.0 Å². The number of allylic oxidation sites excluding steroid dienone is 7. The minimum absolute atomic E-state index is 0.613. The first-order valence-corrected chi connectivity index (χ1v) is 19.6. The summed E-state index contributed by atoms with van der Waals surface area (Å²) in [5.41, 5.74) is 12.0. The Bertz CT molecular complexity index is 3210. The molecule has 0 saturated heterocycles. The second-order valence-corrected chi connectivity index (χ2v) is 14.9. The van der Waals surface area contributed by atoms with E-state index >= 15 is 0 Å². The highest BCUT2D eigenvalue weighted by Crippen LogP contribution is 2.47. The molecule has 4 heteroatoms. The van der Waals surface area contributed by atoms with E-state index in [0.717, 1.165) is 59.0 Å². The van der Waals surface area contributed by atoms with Crippen LogP contribution in [0.1, 0.15) is 47.8 Å². The largest absolute Gasteiger partial charge is 0.309 e. The number of benzene rings is 7. The van der Waals surface area contributed by atoms with Crippen molar-refractivity contribution in [1.29, 1.82) is 0 Å². The summed E-state index contributed by atoms with van der Waals surface area (Å²) in [5, 5.41) is 9.80. The molecule has 4 nitrogen and oxygen atoms in total. The van der Waals surface area contributed by atoms with Gasteiger partial charge >= 0.3 is 0 Å². The van der Waals surface area contributed by atoms with Gasteiger partial charge in [0.2, 0.25) is 0 Å². The Hall–Kier alpha value is -6.91. The first-order valence-electron chi connectivity index (χ1n) is 19.6.